The van der Waals surface area contributed by atoms with E-state index in [4.69, 9.17) is 5.11 Å². The number of aromatic nitrogens is 3. The van der Waals surface area contributed by atoms with Gasteiger partial charge < -0.3 is 15.4 Å². The summed E-state index contributed by atoms with van der Waals surface area (Å²) in [6, 6.07) is 18.3. The topological polar surface area (TPSA) is 82.9 Å². The smallest absolute Gasteiger partial charge is 0.272 e. The lowest BCUT2D eigenvalue weighted by Gasteiger charge is -2.02. The second-order valence-electron chi connectivity index (χ2n) is 6.44. The zero-order valence-corrected chi connectivity index (χ0v) is 14.7. The quantitative estimate of drug-likeness (QED) is 0.494. The molecule has 0 unspecified atom stereocenters. The fraction of sp³-hybridized carbons (Fsp3) is 0.143. The van der Waals surface area contributed by atoms with Gasteiger partial charge in [0.1, 0.15) is 5.69 Å². The van der Waals surface area contributed by atoms with Crippen molar-refractivity contribution in [3.05, 3.63) is 83.8 Å². The number of nitrogens with one attached hydrogen (secondary N) is 2. The van der Waals surface area contributed by atoms with E-state index in [2.05, 4.69) is 39.7 Å². The zero-order chi connectivity index (χ0) is 18.6. The molecule has 27 heavy (non-hydrogen) atoms. The molecule has 4 rings (SSSR count). The molecule has 0 spiro atoms. The average Bonchev–Trinajstić information content (AvgIpc) is 3.29. The van der Waals surface area contributed by atoms with Crippen LogP contribution in [-0.2, 0) is 13.0 Å². The van der Waals surface area contributed by atoms with Crippen molar-refractivity contribution >= 4 is 22.5 Å². The molecule has 2 aromatic heterocycles. The predicted molar refractivity (Wildman–Crippen MR) is 105 cm³/mol. The summed E-state index contributed by atoms with van der Waals surface area (Å²) in [6.07, 6.45) is 4.10. The van der Waals surface area contributed by atoms with E-state index in [-0.39, 0.29) is 12.5 Å². The van der Waals surface area contributed by atoms with E-state index in [1.54, 1.807) is 17.1 Å². The molecule has 0 saturated carbocycles. The normalized spacial score (nSPS) is 11.0. The minimum absolute atomic E-state index is 0.00238. The van der Waals surface area contributed by atoms with Crippen LogP contribution < -0.4 is 5.32 Å². The molecule has 0 bridgehead atoms. The maximum atomic E-state index is 12.5. The van der Waals surface area contributed by atoms with E-state index in [0.29, 0.717) is 17.9 Å². The number of amides is 1. The van der Waals surface area contributed by atoms with Crippen LogP contribution in [0.3, 0.4) is 0 Å². The van der Waals surface area contributed by atoms with Crippen molar-refractivity contribution in [1.29, 1.82) is 0 Å². The van der Waals surface area contributed by atoms with Gasteiger partial charge in [0.25, 0.3) is 5.91 Å². The molecule has 1 amide bonds. The summed E-state index contributed by atoms with van der Waals surface area (Å²) in [5, 5.41) is 16.8. The number of carbonyl (C=O) groups excluding carboxylic acids is 1. The van der Waals surface area contributed by atoms with E-state index < -0.39 is 0 Å². The van der Waals surface area contributed by atoms with Gasteiger partial charge in [0.05, 0.1) is 25.0 Å². The number of benzene rings is 2. The molecule has 0 aliphatic heterocycles. The van der Waals surface area contributed by atoms with E-state index >= 15 is 0 Å². The summed E-state index contributed by atoms with van der Waals surface area (Å²) >= 11 is 0. The average molecular weight is 360 g/mol. The molecule has 2 heterocycles. The Balaban J connectivity index is 1.51. The maximum Gasteiger partial charge on any atom is 0.272 e. The fourth-order valence-corrected chi connectivity index (χ4v) is 3.09. The summed E-state index contributed by atoms with van der Waals surface area (Å²) < 4.78 is 1.58. The van der Waals surface area contributed by atoms with Crippen LogP contribution in [0.4, 0.5) is 5.69 Å². The highest BCUT2D eigenvalue weighted by molar-refractivity contribution is 6.05. The lowest BCUT2D eigenvalue weighted by atomic mass is 10.0. The third-order valence-corrected chi connectivity index (χ3v) is 4.40. The van der Waals surface area contributed by atoms with Crippen LogP contribution in [-0.4, -0.2) is 32.4 Å². The van der Waals surface area contributed by atoms with Crippen LogP contribution in [0.5, 0.6) is 0 Å². The van der Waals surface area contributed by atoms with Gasteiger partial charge in [-0.05, 0) is 29.7 Å². The second-order valence-corrected chi connectivity index (χ2v) is 6.44. The third-order valence-electron chi connectivity index (χ3n) is 4.40. The summed E-state index contributed by atoms with van der Waals surface area (Å²) in [5.41, 5.74) is 4.47. The van der Waals surface area contributed by atoms with Gasteiger partial charge in [-0.3, -0.25) is 9.48 Å². The molecule has 4 aromatic rings. The standard InChI is InChI=1S/C21H20N4O2/c26-9-8-25-14-18(13-22-25)23-21(27)20-12-17-7-6-16(11-19(17)24-20)10-15-4-2-1-3-5-15/h1-7,11-14,24,26H,8-10H2,(H,23,27). The molecular formula is C21H20N4O2. The number of fused-ring (bicyclic) bond motifs is 1. The fourth-order valence-electron chi connectivity index (χ4n) is 3.09. The van der Waals surface area contributed by atoms with Crippen LogP contribution in [0.15, 0.2) is 67.0 Å². The Hall–Kier alpha value is -3.38. The molecule has 0 aliphatic carbocycles. The number of H-pyrrole nitrogens is 1. The molecule has 0 fully saturated rings. The Labute approximate surface area is 156 Å². The van der Waals surface area contributed by atoms with E-state index in [1.807, 2.05) is 30.3 Å². The first-order valence-electron chi connectivity index (χ1n) is 8.81. The predicted octanol–water partition coefficient (Wildman–Crippen LogP) is 3.20. The molecule has 6 heteroatoms. The zero-order valence-electron chi connectivity index (χ0n) is 14.7. The lowest BCUT2D eigenvalue weighted by molar-refractivity contribution is 0.102. The first-order chi connectivity index (χ1) is 13.2. The largest absolute Gasteiger partial charge is 0.394 e. The number of aliphatic hydroxyl groups excluding tert-OH is 1. The van der Waals surface area contributed by atoms with Crippen LogP contribution >= 0.6 is 0 Å². The van der Waals surface area contributed by atoms with Crippen molar-refractivity contribution < 1.29 is 9.90 Å². The Morgan fingerprint density at radius 2 is 1.96 bits per heavy atom. The first kappa shape index (κ1) is 17.1. The summed E-state index contributed by atoms with van der Waals surface area (Å²) in [4.78, 5) is 15.7. The van der Waals surface area contributed by atoms with Gasteiger partial charge in [0.15, 0.2) is 0 Å². The molecule has 0 atom stereocenters. The van der Waals surface area contributed by atoms with Gasteiger partial charge in [-0.15, -0.1) is 0 Å². The van der Waals surface area contributed by atoms with Gasteiger partial charge >= 0.3 is 0 Å². The second kappa shape index (κ2) is 7.47. The van der Waals surface area contributed by atoms with Crippen molar-refractivity contribution in [3.63, 3.8) is 0 Å². The van der Waals surface area contributed by atoms with Crippen LogP contribution in [0.1, 0.15) is 21.6 Å². The van der Waals surface area contributed by atoms with Gasteiger partial charge in [0, 0.05) is 17.1 Å². The number of nitrogens with zero attached hydrogens (tertiary/aromatic N) is 2. The number of anilines is 1. The lowest BCUT2D eigenvalue weighted by Crippen LogP contribution is -2.11. The minimum Gasteiger partial charge on any atom is -0.394 e. The highest BCUT2D eigenvalue weighted by Gasteiger charge is 2.11. The van der Waals surface area contributed by atoms with Crippen LogP contribution in [0, 0.1) is 0 Å². The van der Waals surface area contributed by atoms with Gasteiger partial charge in [-0.2, -0.15) is 5.10 Å². The Morgan fingerprint density at radius 1 is 1.11 bits per heavy atom. The van der Waals surface area contributed by atoms with Crippen molar-refractivity contribution in [3.8, 4) is 0 Å². The Kier molecular flexibility index (Phi) is 4.72. The summed E-state index contributed by atoms with van der Waals surface area (Å²) in [6.45, 7) is 0.398. The summed E-state index contributed by atoms with van der Waals surface area (Å²) in [5.74, 6) is -0.223. The SMILES string of the molecule is O=C(Nc1cnn(CCO)c1)c1cc2ccc(Cc3ccccc3)cc2[nH]1. The molecule has 0 saturated heterocycles. The van der Waals surface area contributed by atoms with Crippen LogP contribution in [0.25, 0.3) is 10.9 Å². The molecule has 3 N–H and O–H groups in total. The number of aliphatic hydroxyl groups is 1. The summed E-state index contributed by atoms with van der Waals surface area (Å²) in [7, 11) is 0. The Bertz CT molecular complexity index is 1070. The van der Waals surface area contributed by atoms with Gasteiger partial charge in [-0.25, -0.2) is 0 Å². The highest BCUT2D eigenvalue weighted by Crippen LogP contribution is 2.20. The maximum absolute atomic E-state index is 12.5. The van der Waals surface area contributed by atoms with Gasteiger partial charge in [-0.1, -0.05) is 42.5 Å². The minimum atomic E-state index is -0.223. The molecule has 6 nitrogen and oxygen atoms in total. The van der Waals surface area contributed by atoms with Crippen molar-refractivity contribution in [2.45, 2.75) is 13.0 Å². The van der Waals surface area contributed by atoms with Crippen molar-refractivity contribution in [2.24, 2.45) is 0 Å². The number of hydrogen-bond acceptors (Lipinski definition) is 3. The Morgan fingerprint density at radius 3 is 2.78 bits per heavy atom. The van der Waals surface area contributed by atoms with Gasteiger partial charge in [0.2, 0.25) is 0 Å². The number of aromatic amines is 1. The van der Waals surface area contributed by atoms with E-state index in [9.17, 15) is 4.79 Å². The molecule has 2 aromatic carbocycles. The highest BCUT2D eigenvalue weighted by atomic mass is 16.3. The molecule has 0 radical (unpaired) electrons. The number of hydrogen-bond donors (Lipinski definition) is 3. The van der Waals surface area contributed by atoms with E-state index in [0.717, 1.165) is 17.3 Å². The molecular weight excluding hydrogens is 340 g/mol. The molecule has 136 valence electrons. The number of carbonyl (C=O) groups is 1. The third kappa shape index (κ3) is 3.91. The monoisotopic (exact) mass is 360 g/mol. The first-order valence-corrected chi connectivity index (χ1v) is 8.81. The van der Waals surface area contributed by atoms with Crippen molar-refractivity contribution in [2.75, 3.05) is 11.9 Å². The number of rotatable bonds is 6. The van der Waals surface area contributed by atoms with E-state index in [1.165, 1.54) is 11.1 Å². The van der Waals surface area contributed by atoms with Crippen LogP contribution in [0.2, 0.25) is 0 Å². The molecule has 0 aliphatic rings. The van der Waals surface area contributed by atoms with Crippen molar-refractivity contribution in [1.82, 2.24) is 14.8 Å².